The molecule has 8 nitrogen and oxygen atoms in total. The molecule has 3 heterocycles. The van der Waals surface area contributed by atoms with Gasteiger partial charge in [-0.15, -0.1) is 0 Å². The van der Waals surface area contributed by atoms with Gasteiger partial charge < -0.3 is 15.5 Å². The Morgan fingerprint density at radius 2 is 1.91 bits per heavy atom. The highest BCUT2D eigenvalue weighted by Gasteiger charge is 2.28. The molecule has 1 aliphatic rings. The van der Waals surface area contributed by atoms with Crippen LogP contribution in [0.3, 0.4) is 0 Å². The van der Waals surface area contributed by atoms with Crippen LogP contribution < -0.4 is 10.6 Å². The zero-order chi connectivity index (χ0) is 23.8. The van der Waals surface area contributed by atoms with Gasteiger partial charge in [0.05, 0.1) is 6.67 Å². The van der Waals surface area contributed by atoms with Gasteiger partial charge in [-0.2, -0.15) is 0 Å². The molecule has 2 aromatic carbocycles. The zero-order valence-corrected chi connectivity index (χ0v) is 18.8. The number of carbonyl (C=O) groups excluding carboxylic acids is 2. The van der Waals surface area contributed by atoms with Crippen LogP contribution in [0.2, 0.25) is 0 Å². The predicted octanol–water partition coefficient (Wildman–Crippen LogP) is 3.31. The van der Waals surface area contributed by atoms with E-state index in [1.54, 1.807) is 11.1 Å². The van der Waals surface area contributed by atoms with Gasteiger partial charge in [-0.3, -0.25) is 14.0 Å². The smallest absolute Gasteiger partial charge is 0.247 e. The van der Waals surface area contributed by atoms with E-state index in [9.17, 15) is 9.59 Å². The first kappa shape index (κ1) is 21.4. The van der Waals surface area contributed by atoms with Crippen molar-refractivity contribution in [3.8, 4) is 11.3 Å². The number of hydrogen-bond acceptors (Lipinski definition) is 6. The van der Waals surface area contributed by atoms with E-state index < -0.39 is 0 Å². The number of carbonyl (C=O) groups is 2. The number of amides is 1. The number of benzene rings is 2. The predicted molar refractivity (Wildman–Crippen MR) is 132 cm³/mol. The van der Waals surface area contributed by atoms with Gasteiger partial charge in [0.2, 0.25) is 11.9 Å². The van der Waals surface area contributed by atoms with Gasteiger partial charge in [-0.25, -0.2) is 9.97 Å². The minimum Gasteiger partial charge on any atom is -0.382 e. The molecule has 0 unspecified atom stereocenters. The maximum absolute atomic E-state index is 13.0. The number of nitrogens with zero attached hydrogens (tertiary/aromatic N) is 5. The lowest BCUT2D eigenvalue weighted by molar-refractivity contribution is -0.124. The van der Waals surface area contributed by atoms with Gasteiger partial charge in [0.1, 0.15) is 17.0 Å². The average Bonchev–Trinajstić information content (AvgIpc) is 3.49. The van der Waals surface area contributed by atoms with Crippen LogP contribution in [0.4, 0.5) is 11.8 Å². The van der Waals surface area contributed by atoms with E-state index in [1.807, 2.05) is 71.0 Å². The third-order valence-electron chi connectivity index (χ3n) is 6.10. The molecule has 1 amide bonds. The van der Waals surface area contributed by atoms with Crippen LogP contribution in [-0.2, 0) is 4.79 Å². The summed E-state index contributed by atoms with van der Waals surface area (Å²) in [7, 11) is 0. The van der Waals surface area contributed by atoms with E-state index in [1.165, 1.54) is 6.08 Å². The van der Waals surface area contributed by atoms with Crippen molar-refractivity contribution in [2.75, 3.05) is 30.4 Å². The summed E-state index contributed by atoms with van der Waals surface area (Å²) < 4.78 is 1.90. The lowest BCUT2D eigenvalue weighted by atomic mass is 9.96. The highest BCUT2D eigenvalue weighted by molar-refractivity contribution is 6.10. The normalized spacial score (nSPS) is 13.4. The molecule has 2 N–H and O–H groups in total. The number of imidazole rings is 1. The minimum absolute atomic E-state index is 0.0229. The summed E-state index contributed by atoms with van der Waals surface area (Å²) in [4.78, 5) is 38.0. The maximum Gasteiger partial charge on any atom is 0.247 e. The molecule has 0 spiro atoms. The van der Waals surface area contributed by atoms with Crippen LogP contribution in [0.5, 0.6) is 0 Å². The second-order valence-corrected chi connectivity index (χ2v) is 8.23. The number of anilines is 2. The fourth-order valence-corrected chi connectivity index (χ4v) is 4.34. The van der Waals surface area contributed by atoms with Crippen LogP contribution in [0, 0.1) is 6.92 Å². The van der Waals surface area contributed by atoms with E-state index in [-0.39, 0.29) is 11.7 Å². The summed E-state index contributed by atoms with van der Waals surface area (Å²) in [6.45, 7) is 7.14. The van der Waals surface area contributed by atoms with Crippen molar-refractivity contribution in [1.29, 1.82) is 0 Å². The van der Waals surface area contributed by atoms with E-state index in [2.05, 4.69) is 11.6 Å². The Bertz CT molecular complexity index is 1430. The van der Waals surface area contributed by atoms with Gasteiger partial charge in [0.15, 0.2) is 5.78 Å². The van der Waals surface area contributed by atoms with E-state index in [0.29, 0.717) is 53.9 Å². The molecule has 0 bridgehead atoms. The number of aromatic nitrogens is 3. The molecule has 1 saturated heterocycles. The monoisotopic (exact) mass is 452 g/mol. The molecular formula is C26H24N6O2. The number of ketones is 1. The van der Waals surface area contributed by atoms with Crippen LogP contribution in [0.1, 0.15) is 21.5 Å². The number of nitrogens with two attached hydrogens (primary N) is 1. The van der Waals surface area contributed by atoms with Gasteiger partial charge in [-0.05, 0) is 24.6 Å². The van der Waals surface area contributed by atoms with Crippen LogP contribution in [0.25, 0.3) is 16.8 Å². The Morgan fingerprint density at radius 1 is 1.12 bits per heavy atom. The fraction of sp³-hybridized carbons (Fsp3) is 0.154. The number of aryl methyl sites for hydroxylation is 1. The molecule has 4 aromatic rings. The number of rotatable bonds is 5. The summed E-state index contributed by atoms with van der Waals surface area (Å²) in [5.41, 5.74) is 10.6. The van der Waals surface area contributed by atoms with Gasteiger partial charge in [0, 0.05) is 42.2 Å². The van der Waals surface area contributed by atoms with Gasteiger partial charge in [0.25, 0.3) is 0 Å². The molecule has 1 aliphatic heterocycles. The quantitative estimate of drug-likeness (QED) is 0.369. The topological polar surface area (TPSA) is 96.8 Å². The molecule has 1 fully saturated rings. The molecule has 170 valence electrons. The number of fused-ring (bicyclic) bond motifs is 1. The average molecular weight is 453 g/mol. The highest BCUT2D eigenvalue weighted by Crippen LogP contribution is 2.33. The van der Waals surface area contributed by atoms with Gasteiger partial charge in [-0.1, -0.05) is 49.0 Å². The zero-order valence-electron chi connectivity index (χ0n) is 18.8. The molecule has 0 aliphatic carbocycles. The Balaban J connectivity index is 1.56. The SMILES string of the molecule is C=CC(=O)N1CCN(c2nc(-c3ccc(C(=O)c4ccccc4)c(C)c3)c3c(N)nccn23)C1. The second-order valence-electron chi connectivity index (χ2n) is 8.23. The summed E-state index contributed by atoms with van der Waals surface area (Å²) in [5, 5.41) is 0. The first-order valence-corrected chi connectivity index (χ1v) is 11.0. The van der Waals surface area contributed by atoms with Crippen molar-refractivity contribution in [3.63, 3.8) is 0 Å². The van der Waals surface area contributed by atoms with Crippen LogP contribution in [-0.4, -0.2) is 50.7 Å². The third-order valence-corrected chi connectivity index (χ3v) is 6.10. The summed E-state index contributed by atoms with van der Waals surface area (Å²) >= 11 is 0. The summed E-state index contributed by atoms with van der Waals surface area (Å²) in [5.74, 6) is 0.904. The largest absolute Gasteiger partial charge is 0.382 e. The van der Waals surface area contributed by atoms with E-state index in [4.69, 9.17) is 10.7 Å². The van der Waals surface area contributed by atoms with Crippen LogP contribution >= 0.6 is 0 Å². The van der Waals surface area contributed by atoms with Crippen molar-refractivity contribution in [3.05, 3.63) is 90.3 Å². The van der Waals surface area contributed by atoms with Crippen molar-refractivity contribution < 1.29 is 9.59 Å². The molecule has 2 aromatic heterocycles. The van der Waals surface area contributed by atoms with Gasteiger partial charge >= 0.3 is 0 Å². The molecule has 0 saturated carbocycles. The number of nitrogen functional groups attached to an aromatic ring is 1. The Labute approximate surface area is 197 Å². The third kappa shape index (κ3) is 3.59. The fourth-order valence-electron chi connectivity index (χ4n) is 4.34. The molecule has 8 heteroatoms. The molecule has 5 rings (SSSR count). The first-order chi connectivity index (χ1) is 16.5. The minimum atomic E-state index is -0.112. The molecule has 0 atom stereocenters. The van der Waals surface area contributed by atoms with Crippen LogP contribution in [0.15, 0.2) is 73.6 Å². The standard InChI is InChI=1S/C26H24N6O2/c1-3-21(33)30-13-14-31(16-30)26-29-22(23-25(27)28-11-12-32(23)26)19-9-10-20(17(2)15-19)24(34)18-7-5-4-6-8-18/h3-12,15H,1,13-14,16H2,2H3,(H2,27,28). The Kier molecular flexibility index (Phi) is 5.33. The highest BCUT2D eigenvalue weighted by atomic mass is 16.2. The molecule has 0 radical (unpaired) electrons. The number of hydrogen-bond donors (Lipinski definition) is 1. The summed E-state index contributed by atoms with van der Waals surface area (Å²) in [6, 6.07) is 14.9. The second kappa shape index (κ2) is 8.47. The van der Waals surface area contributed by atoms with Crippen molar-refractivity contribution >= 4 is 29.0 Å². The lowest BCUT2D eigenvalue weighted by Gasteiger charge is -2.17. The molecule has 34 heavy (non-hydrogen) atoms. The van der Waals surface area contributed by atoms with E-state index in [0.717, 1.165) is 11.1 Å². The molecular weight excluding hydrogens is 428 g/mol. The van der Waals surface area contributed by atoms with Crippen molar-refractivity contribution in [2.45, 2.75) is 6.92 Å². The van der Waals surface area contributed by atoms with E-state index >= 15 is 0 Å². The summed E-state index contributed by atoms with van der Waals surface area (Å²) in [6.07, 6.45) is 4.77. The van der Waals surface area contributed by atoms with Crippen molar-refractivity contribution in [1.82, 2.24) is 19.3 Å². The maximum atomic E-state index is 13.0. The lowest BCUT2D eigenvalue weighted by Crippen LogP contribution is -2.30. The Hall–Kier alpha value is -4.46. The van der Waals surface area contributed by atoms with Crippen molar-refractivity contribution in [2.24, 2.45) is 0 Å². The first-order valence-electron chi connectivity index (χ1n) is 11.0. The Morgan fingerprint density at radius 3 is 2.65 bits per heavy atom.